The fraction of sp³-hybridized carbons (Fsp3) is 0.158. The zero-order chi connectivity index (χ0) is 20.5. The van der Waals surface area contributed by atoms with Gasteiger partial charge in [-0.3, -0.25) is 14.9 Å². The Morgan fingerprint density at radius 1 is 1.21 bits per heavy atom. The minimum absolute atomic E-state index is 0.0503. The number of non-ortho nitro benzene ring substituents is 1. The van der Waals surface area contributed by atoms with Crippen LogP contribution in [-0.2, 0) is 4.79 Å². The number of thioether (sulfide) groups is 1. The lowest BCUT2D eigenvalue weighted by atomic mass is 10.2. The van der Waals surface area contributed by atoms with Gasteiger partial charge in [0.25, 0.3) is 5.69 Å². The van der Waals surface area contributed by atoms with E-state index in [0.717, 1.165) is 33.8 Å². The number of hydrogen-bond acceptors (Lipinski definition) is 7. The number of nitro groups is 1. The zero-order valence-corrected chi connectivity index (χ0v) is 16.4. The predicted molar refractivity (Wildman–Crippen MR) is 111 cm³/mol. The van der Waals surface area contributed by atoms with Crippen LogP contribution < -0.4 is 5.32 Å². The molecule has 4 rings (SSSR count). The first kappa shape index (κ1) is 18.8. The molecule has 2 heterocycles. The Bertz CT molecular complexity index is 1270. The van der Waals surface area contributed by atoms with E-state index >= 15 is 0 Å². The first-order chi connectivity index (χ1) is 13.9. The molecule has 0 saturated carbocycles. The maximum atomic E-state index is 12.3. The molecule has 0 aliphatic heterocycles. The molecule has 29 heavy (non-hydrogen) atoms. The number of benzene rings is 2. The van der Waals surface area contributed by atoms with Crippen molar-refractivity contribution in [3.63, 3.8) is 0 Å². The summed E-state index contributed by atoms with van der Waals surface area (Å²) >= 11 is 1.14. The number of carbonyl (C=O) groups is 1. The van der Waals surface area contributed by atoms with Crippen molar-refractivity contribution >= 4 is 51.1 Å². The van der Waals surface area contributed by atoms with E-state index in [1.807, 2.05) is 25.1 Å². The minimum Gasteiger partial charge on any atom is -0.338 e. The number of hydrogen-bond donors (Lipinski definition) is 2. The van der Waals surface area contributed by atoms with Crippen LogP contribution in [0.2, 0.25) is 0 Å². The van der Waals surface area contributed by atoms with Crippen molar-refractivity contribution in [2.45, 2.75) is 19.0 Å². The van der Waals surface area contributed by atoms with Gasteiger partial charge >= 0.3 is 0 Å². The molecule has 0 fully saturated rings. The van der Waals surface area contributed by atoms with Crippen molar-refractivity contribution < 1.29 is 9.72 Å². The Balaban J connectivity index is 1.48. The lowest BCUT2D eigenvalue weighted by molar-refractivity contribution is -0.384. The van der Waals surface area contributed by atoms with Gasteiger partial charge in [0.2, 0.25) is 11.1 Å². The van der Waals surface area contributed by atoms with Crippen molar-refractivity contribution in [2.24, 2.45) is 0 Å². The molecule has 0 aliphatic carbocycles. The van der Waals surface area contributed by atoms with Crippen LogP contribution in [0.3, 0.4) is 0 Å². The third-order valence-corrected chi connectivity index (χ3v) is 5.23. The number of nitrogens with one attached hydrogen (secondary N) is 2. The molecule has 1 amide bonds. The van der Waals surface area contributed by atoms with Crippen LogP contribution in [0.5, 0.6) is 0 Å². The Morgan fingerprint density at radius 3 is 2.83 bits per heavy atom. The summed E-state index contributed by atoms with van der Waals surface area (Å²) in [5.41, 5.74) is 4.40. The van der Waals surface area contributed by atoms with E-state index in [9.17, 15) is 14.9 Å². The largest absolute Gasteiger partial charge is 0.338 e. The fourth-order valence-electron chi connectivity index (χ4n) is 2.91. The second-order valence-electron chi connectivity index (χ2n) is 6.56. The van der Waals surface area contributed by atoms with Crippen molar-refractivity contribution in [1.82, 2.24) is 20.2 Å². The number of nitro benzene ring substituents is 1. The second-order valence-corrected chi connectivity index (χ2v) is 7.50. The van der Waals surface area contributed by atoms with E-state index in [1.54, 1.807) is 13.0 Å². The van der Waals surface area contributed by atoms with Crippen molar-refractivity contribution in [2.75, 3.05) is 11.1 Å². The van der Waals surface area contributed by atoms with Gasteiger partial charge in [0.05, 0.1) is 16.4 Å². The van der Waals surface area contributed by atoms with Crippen molar-refractivity contribution in [3.8, 4) is 0 Å². The number of aromatic amines is 1. The van der Waals surface area contributed by atoms with E-state index in [4.69, 9.17) is 0 Å². The number of carbonyl (C=O) groups excluding carboxylic acids is 1. The van der Waals surface area contributed by atoms with Crippen LogP contribution >= 0.6 is 11.8 Å². The Hall–Kier alpha value is -3.53. The van der Waals surface area contributed by atoms with Gasteiger partial charge in [-0.2, -0.15) is 0 Å². The average molecular weight is 408 g/mol. The minimum atomic E-state index is -0.500. The normalized spacial score (nSPS) is 11.1. The summed E-state index contributed by atoms with van der Waals surface area (Å²) in [6, 6.07) is 10.3. The molecular formula is C19H16N6O3S. The Labute approximate surface area is 169 Å². The Morgan fingerprint density at radius 2 is 2.03 bits per heavy atom. The van der Waals surface area contributed by atoms with Gasteiger partial charge in [0.15, 0.2) is 5.65 Å². The average Bonchev–Trinajstić information content (AvgIpc) is 3.05. The van der Waals surface area contributed by atoms with E-state index in [-0.39, 0.29) is 17.3 Å². The molecule has 0 aliphatic rings. The predicted octanol–water partition coefficient (Wildman–Crippen LogP) is 3.76. The highest BCUT2D eigenvalue weighted by molar-refractivity contribution is 7.99. The van der Waals surface area contributed by atoms with Crippen molar-refractivity contribution in [3.05, 3.63) is 57.6 Å². The number of aromatic nitrogens is 4. The summed E-state index contributed by atoms with van der Waals surface area (Å²) < 4.78 is 0. The molecule has 0 atom stereocenters. The van der Waals surface area contributed by atoms with Crippen LogP contribution in [0, 0.1) is 24.0 Å². The summed E-state index contributed by atoms with van der Waals surface area (Å²) in [6.07, 6.45) is 0. The maximum Gasteiger partial charge on any atom is 0.271 e. The molecule has 146 valence electrons. The van der Waals surface area contributed by atoms with Crippen LogP contribution in [0.15, 0.2) is 41.6 Å². The number of H-pyrrole nitrogens is 1. The first-order valence-electron chi connectivity index (χ1n) is 8.71. The van der Waals surface area contributed by atoms with E-state index < -0.39 is 4.92 Å². The topological polar surface area (TPSA) is 127 Å². The highest BCUT2D eigenvalue weighted by atomic mass is 32.2. The third kappa shape index (κ3) is 3.87. The highest BCUT2D eigenvalue weighted by Gasteiger charge is 2.13. The van der Waals surface area contributed by atoms with E-state index in [1.165, 1.54) is 12.1 Å². The molecule has 0 radical (unpaired) electrons. The molecule has 10 heteroatoms. The molecule has 0 bridgehead atoms. The number of nitrogens with zero attached hydrogens (tertiary/aromatic N) is 4. The quantitative estimate of drug-likeness (QED) is 0.292. The van der Waals surface area contributed by atoms with Gasteiger partial charge in [-0.05, 0) is 31.5 Å². The zero-order valence-electron chi connectivity index (χ0n) is 15.6. The SMILES string of the molecule is Cc1ccc2[nH]c3nc(SCC(=O)Nc4cc([N+](=O)[O-])ccc4C)nnc3c2c1. The van der Waals surface area contributed by atoms with Gasteiger partial charge in [-0.25, -0.2) is 4.98 Å². The molecule has 0 spiro atoms. The molecular weight excluding hydrogens is 392 g/mol. The molecule has 9 nitrogen and oxygen atoms in total. The second kappa shape index (κ2) is 7.47. The van der Waals surface area contributed by atoms with Crippen LogP contribution in [-0.4, -0.2) is 36.7 Å². The van der Waals surface area contributed by atoms with Crippen LogP contribution in [0.25, 0.3) is 22.1 Å². The van der Waals surface area contributed by atoms with Gasteiger partial charge in [-0.15, -0.1) is 10.2 Å². The fourth-order valence-corrected chi connectivity index (χ4v) is 3.49. The number of fused-ring (bicyclic) bond motifs is 3. The number of amides is 1. The number of rotatable bonds is 5. The number of anilines is 1. The highest BCUT2D eigenvalue weighted by Crippen LogP contribution is 2.25. The van der Waals surface area contributed by atoms with E-state index in [0.29, 0.717) is 22.0 Å². The van der Waals surface area contributed by atoms with E-state index in [2.05, 4.69) is 25.5 Å². The van der Waals surface area contributed by atoms with Gasteiger partial charge in [-0.1, -0.05) is 29.5 Å². The first-order valence-corrected chi connectivity index (χ1v) is 9.70. The van der Waals surface area contributed by atoms with Gasteiger partial charge in [0.1, 0.15) is 5.52 Å². The molecule has 4 aromatic rings. The summed E-state index contributed by atoms with van der Waals surface area (Å²) in [5.74, 6) is -0.260. The lowest BCUT2D eigenvalue weighted by Gasteiger charge is -2.07. The summed E-state index contributed by atoms with van der Waals surface area (Å²) in [5, 5.41) is 23.3. The van der Waals surface area contributed by atoms with Crippen LogP contribution in [0.4, 0.5) is 11.4 Å². The van der Waals surface area contributed by atoms with Gasteiger partial charge in [0, 0.05) is 23.0 Å². The molecule has 0 saturated heterocycles. The lowest BCUT2D eigenvalue weighted by Crippen LogP contribution is -2.15. The number of aryl methyl sites for hydroxylation is 2. The maximum absolute atomic E-state index is 12.3. The summed E-state index contributed by atoms with van der Waals surface area (Å²) in [4.78, 5) is 30.3. The standard InChI is InChI=1S/C19H16N6O3S/c1-10-3-6-14-13(7-10)17-18(21-14)22-19(24-23-17)29-9-16(26)20-15-8-12(25(27)28)5-4-11(15)2/h3-8H,9H2,1-2H3,(H,20,26)(H,21,22,24). The van der Waals surface area contributed by atoms with Crippen LogP contribution in [0.1, 0.15) is 11.1 Å². The summed E-state index contributed by atoms with van der Waals surface area (Å²) in [6.45, 7) is 3.77. The monoisotopic (exact) mass is 408 g/mol. The molecule has 2 aromatic carbocycles. The molecule has 2 N–H and O–H groups in total. The Kier molecular flexibility index (Phi) is 4.85. The van der Waals surface area contributed by atoms with Crippen molar-refractivity contribution in [1.29, 1.82) is 0 Å². The van der Waals surface area contributed by atoms with Gasteiger partial charge < -0.3 is 10.3 Å². The smallest absolute Gasteiger partial charge is 0.271 e. The molecule has 2 aromatic heterocycles. The third-order valence-electron chi connectivity index (χ3n) is 4.39. The molecule has 0 unspecified atom stereocenters. The summed E-state index contributed by atoms with van der Waals surface area (Å²) in [7, 11) is 0.